The molecule has 26 heavy (non-hydrogen) atoms. The maximum absolute atomic E-state index is 12.3. The van der Waals surface area contributed by atoms with Crippen LogP contribution in [0, 0.1) is 0 Å². The predicted octanol–water partition coefficient (Wildman–Crippen LogP) is 1.15. The van der Waals surface area contributed by atoms with E-state index in [0.717, 1.165) is 26.2 Å². The lowest BCUT2D eigenvalue weighted by Gasteiger charge is -2.32. The van der Waals surface area contributed by atoms with Crippen LogP contribution in [0.5, 0.6) is 0 Å². The van der Waals surface area contributed by atoms with Gasteiger partial charge in [-0.25, -0.2) is 15.0 Å². The van der Waals surface area contributed by atoms with E-state index in [2.05, 4.69) is 59.1 Å². The minimum atomic E-state index is -0.302. The molecule has 1 aromatic heterocycles. The van der Waals surface area contributed by atoms with Crippen LogP contribution in [0.3, 0.4) is 0 Å². The van der Waals surface area contributed by atoms with E-state index in [1.165, 1.54) is 6.33 Å². The van der Waals surface area contributed by atoms with Gasteiger partial charge in [0.1, 0.15) is 12.0 Å². The van der Waals surface area contributed by atoms with E-state index in [0.29, 0.717) is 27.4 Å². The number of carbonyl (C=O) groups is 1. The molecule has 1 amide bonds. The van der Waals surface area contributed by atoms with Crippen LogP contribution in [0.2, 0.25) is 0 Å². The number of piperazine rings is 1. The lowest BCUT2D eigenvalue weighted by Crippen LogP contribution is -2.47. The van der Waals surface area contributed by atoms with E-state index in [1.54, 1.807) is 18.2 Å². The van der Waals surface area contributed by atoms with E-state index >= 15 is 0 Å². The van der Waals surface area contributed by atoms with Gasteiger partial charge in [-0.15, -0.1) is 0 Å². The fourth-order valence-corrected chi connectivity index (χ4v) is 2.95. The van der Waals surface area contributed by atoms with Crippen molar-refractivity contribution in [2.24, 2.45) is 0 Å². The molecule has 3 rings (SSSR count). The van der Waals surface area contributed by atoms with Crippen LogP contribution in [-0.2, 0) is 0 Å². The Balaban J connectivity index is 1.64. The molecule has 0 unspecified atom stereocenters. The first-order valence-electron chi connectivity index (χ1n) is 8.16. The number of amides is 1. The van der Waals surface area contributed by atoms with Crippen LogP contribution >= 0.6 is 15.9 Å². The molecule has 138 valence electrons. The summed E-state index contributed by atoms with van der Waals surface area (Å²) >= 11 is 3.35. The first-order valence-corrected chi connectivity index (χ1v) is 8.95. The van der Waals surface area contributed by atoms with Crippen molar-refractivity contribution in [3.8, 4) is 0 Å². The van der Waals surface area contributed by atoms with Gasteiger partial charge in [0.25, 0.3) is 5.91 Å². The molecular formula is C16H21BrN8O. The normalized spacial score (nSPS) is 15.5. The topological polar surface area (TPSA) is 111 Å². The molecule has 5 N–H and O–H groups in total. The number of nitrogens with one attached hydrogen (secondary N) is 3. The molecule has 9 nitrogen and oxygen atoms in total. The molecule has 0 aliphatic carbocycles. The molecule has 0 atom stereocenters. The lowest BCUT2D eigenvalue weighted by molar-refractivity contribution is 0.0961. The molecule has 1 fully saturated rings. The number of likely N-dealkylation sites (N-methyl/N-ethyl adjacent to an activating group) is 1. The molecule has 0 saturated carbocycles. The summed E-state index contributed by atoms with van der Waals surface area (Å²) in [5.41, 5.74) is 15.5. The SMILES string of the molecule is CN1CCN(Nc2ncnc(NNC(=O)c3ccccc3Br)c2N)CC1. The number of nitrogen functional groups attached to an aromatic ring is 1. The number of hydrazine groups is 2. The van der Waals surface area contributed by atoms with Gasteiger partial charge in [-0.1, -0.05) is 12.1 Å². The highest BCUT2D eigenvalue weighted by molar-refractivity contribution is 9.10. The average Bonchev–Trinajstić information content (AvgIpc) is 2.64. The number of anilines is 3. The molecule has 1 saturated heterocycles. The Morgan fingerprint density at radius 3 is 2.58 bits per heavy atom. The Morgan fingerprint density at radius 2 is 1.85 bits per heavy atom. The monoisotopic (exact) mass is 420 g/mol. The molecule has 2 heterocycles. The second-order valence-corrected chi connectivity index (χ2v) is 6.80. The number of nitrogens with two attached hydrogens (primary N) is 1. The molecule has 1 aromatic carbocycles. The smallest absolute Gasteiger partial charge is 0.270 e. The highest BCUT2D eigenvalue weighted by Crippen LogP contribution is 2.23. The third kappa shape index (κ3) is 4.40. The number of hydrogen-bond donors (Lipinski definition) is 4. The molecule has 0 bridgehead atoms. The second kappa shape index (κ2) is 8.30. The summed E-state index contributed by atoms with van der Waals surface area (Å²) in [7, 11) is 2.09. The minimum absolute atomic E-state index is 0.302. The Hall–Kier alpha value is -2.43. The highest BCUT2D eigenvalue weighted by atomic mass is 79.9. The van der Waals surface area contributed by atoms with Crippen molar-refractivity contribution in [2.45, 2.75) is 0 Å². The summed E-state index contributed by atoms with van der Waals surface area (Å²) in [5.74, 6) is 0.531. The van der Waals surface area contributed by atoms with Crippen LogP contribution in [0.15, 0.2) is 35.1 Å². The lowest BCUT2D eigenvalue weighted by atomic mass is 10.2. The number of nitrogens with zero attached hydrogens (tertiary/aromatic N) is 4. The van der Waals surface area contributed by atoms with E-state index in [4.69, 9.17) is 5.73 Å². The number of halogens is 1. The van der Waals surface area contributed by atoms with Crippen LogP contribution in [-0.4, -0.2) is 59.0 Å². The van der Waals surface area contributed by atoms with Crippen molar-refractivity contribution in [1.82, 2.24) is 25.3 Å². The predicted molar refractivity (Wildman–Crippen MR) is 104 cm³/mol. The molecular weight excluding hydrogens is 400 g/mol. The maximum Gasteiger partial charge on any atom is 0.270 e. The Morgan fingerprint density at radius 1 is 1.15 bits per heavy atom. The van der Waals surface area contributed by atoms with Crippen molar-refractivity contribution in [3.05, 3.63) is 40.6 Å². The number of rotatable bonds is 5. The van der Waals surface area contributed by atoms with Crippen molar-refractivity contribution < 1.29 is 4.79 Å². The Kier molecular flexibility index (Phi) is 5.86. The maximum atomic E-state index is 12.3. The van der Waals surface area contributed by atoms with Gasteiger partial charge in [0.2, 0.25) is 0 Å². The molecule has 0 spiro atoms. The van der Waals surface area contributed by atoms with Crippen molar-refractivity contribution in [1.29, 1.82) is 0 Å². The summed E-state index contributed by atoms with van der Waals surface area (Å²) in [6, 6.07) is 7.14. The van der Waals surface area contributed by atoms with Gasteiger partial charge in [0.15, 0.2) is 11.6 Å². The quantitative estimate of drug-likeness (QED) is 0.533. The van der Waals surface area contributed by atoms with Gasteiger partial charge in [-0.2, -0.15) is 0 Å². The number of benzene rings is 1. The van der Waals surface area contributed by atoms with Gasteiger partial charge < -0.3 is 16.1 Å². The summed E-state index contributed by atoms with van der Waals surface area (Å²) < 4.78 is 0.701. The van der Waals surface area contributed by atoms with Crippen molar-refractivity contribution >= 4 is 39.2 Å². The van der Waals surface area contributed by atoms with E-state index in [-0.39, 0.29) is 5.91 Å². The van der Waals surface area contributed by atoms with Crippen molar-refractivity contribution in [2.75, 3.05) is 49.8 Å². The van der Waals surface area contributed by atoms with Crippen LogP contribution in [0.1, 0.15) is 10.4 Å². The van der Waals surface area contributed by atoms with Crippen LogP contribution < -0.4 is 22.0 Å². The average molecular weight is 421 g/mol. The zero-order chi connectivity index (χ0) is 18.5. The molecule has 1 aliphatic rings. The minimum Gasteiger partial charge on any atom is -0.393 e. The highest BCUT2D eigenvalue weighted by Gasteiger charge is 2.17. The number of hydrogen-bond acceptors (Lipinski definition) is 8. The summed E-state index contributed by atoms with van der Waals surface area (Å²) in [5, 5.41) is 2.06. The third-order valence-electron chi connectivity index (χ3n) is 4.06. The number of carbonyl (C=O) groups excluding carboxylic acids is 1. The van der Waals surface area contributed by atoms with Gasteiger partial charge in [-0.05, 0) is 35.1 Å². The van der Waals surface area contributed by atoms with Gasteiger partial charge in [-0.3, -0.25) is 15.6 Å². The van der Waals surface area contributed by atoms with Crippen LogP contribution in [0.4, 0.5) is 17.3 Å². The molecule has 10 heteroatoms. The largest absolute Gasteiger partial charge is 0.393 e. The van der Waals surface area contributed by atoms with Gasteiger partial charge in [0, 0.05) is 30.7 Å². The fourth-order valence-electron chi connectivity index (χ4n) is 2.48. The molecule has 1 aliphatic heterocycles. The first-order chi connectivity index (χ1) is 12.5. The summed E-state index contributed by atoms with van der Waals surface area (Å²) in [6.45, 7) is 3.65. The fraction of sp³-hybridized carbons (Fsp3) is 0.312. The summed E-state index contributed by atoms with van der Waals surface area (Å²) in [4.78, 5) is 22.8. The van der Waals surface area contributed by atoms with E-state index < -0.39 is 0 Å². The Bertz CT molecular complexity index is 779. The third-order valence-corrected chi connectivity index (χ3v) is 4.76. The second-order valence-electron chi connectivity index (χ2n) is 5.95. The van der Waals surface area contributed by atoms with Gasteiger partial charge in [0.05, 0.1) is 5.56 Å². The number of aromatic nitrogens is 2. The standard InChI is InChI=1S/C16H21BrN8O/c1-24-6-8-25(9-7-24)23-15-13(18)14(19-10-20-15)21-22-16(26)11-4-2-3-5-12(11)17/h2-5,10H,6-9,18H2,1H3,(H,22,26)(H2,19,20,21,23). The molecule has 0 radical (unpaired) electrons. The van der Waals surface area contributed by atoms with E-state index in [9.17, 15) is 4.79 Å². The molecule has 2 aromatic rings. The summed E-state index contributed by atoms with van der Waals surface area (Å²) in [6.07, 6.45) is 1.39. The Labute approximate surface area is 160 Å². The zero-order valence-corrected chi connectivity index (χ0v) is 16.0. The first kappa shape index (κ1) is 18.4. The van der Waals surface area contributed by atoms with Gasteiger partial charge >= 0.3 is 0 Å². The zero-order valence-electron chi connectivity index (χ0n) is 14.4. The van der Waals surface area contributed by atoms with Crippen molar-refractivity contribution in [3.63, 3.8) is 0 Å². The van der Waals surface area contributed by atoms with Crippen LogP contribution in [0.25, 0.3) is 0 Å². The van der Waals surface area contributed by atoms with E-state index in [1.807, 2.05) is 6.07 Å².